The lowest BCUT2D eigenvalue weighted by Gasteiger charge is -2.13. The number of nitro benzene ring substituents is 1. The van der Waals surface area contributed by atoms with Crippen molar-refractivity contribution < 1.29 is 19.2 Å². The topological polar surface area (TPSA) is 98.5 Å². The quantitative estimate of drug-likeness (QED) is 0.346. The molecule has 2 aromatic rings. The Labute approximate surface area is 156 Å². The van der Waals surface area contributed by atoms with Crippen molar-refractivity contribution in [2.75, 3.05) is 11.9 Å². The molecule has 140 valence electrons. The molecule has 0 saturated heterocycles. The van der Waals surface area contributed by atoms with Crippen LogP contribution >= 0.6 is 0 Å². The smallest absolute Gasteiger partial charge is 0.331 e. The van der Waals surface area contributed by atoms with Crippen LogP contribution in [0.15, 0.2) is 54.6 Å². The zero-order chi connectivity index (χ0) is 19.8. The molecular formula is C20H20N2O5. The van der Waals surface area contributed by atoms with Gasteiger partial charge in [-0.05, 0) is 29.7 Å². The summed E-state index contributed by atoms with van der Waals surface area (Å²) >= 11 is 0. The molecule has 0 spiro atoms. The highest BCUT2D eigenvalue weighted by molar-refractivity contribution is 5.95. The van der Waals surface area contributed by atoms with E-state index in [9.17, 15) is 19.7 Å². The summed E-state index contributed by atoms with van der Waals surface area (Å²) in [5.41, 5.74) is 1.80. The molecule has 0 unspecified atom stereocenters. The number of benzene rings is 2. The van der Waals surface area contributed by atoms with Crippen molar-refractivity contribution in [3.05, 3.63) is 75.8 Å². The number of hydrogen-bond donors (Lipinski definition) is 1. The number of esters is 1. The van der Waals surface area contributed by atoms with E-state index in [1.54, 1.807) is 12.1 Å². The van der Waals surface area contributed by atoms with Crippen LogP contribution in [0, 0.1) is 10.1 Å². The maximum Gasteiger partial charge on any atom is 0.331 e. The first-order valence-electron chi connectivity index (χ1n) is 8.35. The first-order chi connectivity index (χ1) is 12.9. The van der Waals surface area contributed by atoms with Gasteiger partial charge in [-0.25, -0.2) is 4.79 Å². The Bertz CT molecular complexity index is 874. The summed E-state index contributed by atoms with van der Waals surface area (Å²) in [5, 5.41) is 13.6. The fourth-order valence-electron chi connectivity index (χ4n) is 2.44. The number of carbonyl (C=O) groups is 2. The van der Waals surface area contributed by atoms with Crippen LogP contribution in [0.3, 0.4) is 0 Å². The van der Waals surface area contributed by atoms with Gasteiger partial charge in [-0.1, -0.05) is 44.2 Å². The number of hydrogen-bond acceptors (Lipinski definition) is 5. The van der Waals surface area contributed by atoms with E-state index < -0.39 is 23.4 Å². The Kier molecular flexibility index (Phi) is 6.82. The third-order valence-corrected chi connectivity index (χ3v) is 3.73. The van der Waals surface area contributed by atoms with Crippen molar-refractivity contribution in [2.24, 2.45) is 0 Å². The van der Waals surface area contributed by atoms with Crippen molar-refractivity contribution in [1.29, 1.82) is 0 Å². The van der Waals surface area contributed by atoms with Crippen molar-refractivity contribution in [1.82, 2.24) is 0 Å². The summed E-state index contributed by atoms with van der Waals surface area (Å²) < 4.78 is 4.89. The molecule has 7 heteroatoms. The second kappa shape index (κ2) is 9.28. The van der Waals surface area contributed by atoms with Gasteiger partial charge >= 0.3 is 5.97 Å². The Hall–Kier alpha value is -3.48. The molecule has 2 aromatic carbocycles. The molecule has 7 nitrogen and oxygen atoms in total. The van der Waals surface area contributed by atoms with E-state index in [-0.39, 0.29) is 17.2 Å². The molecule has 0 aliphatic heterocycles. The molecule has 0 aliphatic rings. The average Bonchev–Trinajstić information content (AvgIpc) is 2.65. The lowest BCUT2D eigenvalue weighted by atomic mass is 10.0. The van der Waals surface area contributed by atoms with E-state index in [0.717, 1.165) is 11.6 Å². The summed E-state index contributed by atoms with van der Waals surface area (Å²) in [7, 11) is 0. The minimum Gasteiger partial charge on any atom is -0.452 e. The zero-order valence-electron chi connectivity index (χ0n) is 15.0. The molecule has 0 aromatic heterocycles. The first kappa shape index (κ1) is 19.8. The molecule has 0 fully saturated rings. The fourth-order valence-corrected chi connectivity index (χ4v) is 2.44. The number of nitrogens with zero attached hydrogens (tertiary/aromatic N) is 1. The van der Waals surface area contributed by atoms with Crippen LogP contribution in [0.25, 0.3) is 6.08 Å². The SMILES string of the molecule is CC(C)c1ccccc1NC(=O)COC(=O)C=Cc1ccccc1[N+](=O)[O-]. The van der Waals surface area contributed by atoms with Crippen LogP contribution in [0.1, 0.15) is 30.9 Å². The Balaban J connectivity index is 1.93. The minimum absolute atomic E-state index is 0.121. The van der Waals surface area contributed by atoms with Gasteiger partial charge in [0.05, 0.1) is 10.5 Å². The molecule has 0 radical (unpaired) electrons. The second-order valence-corrected chi connectivity index (χ2v) is 6.05. The fraction of sp³-hybridized carbons (Fsp3) is 0.200. The molecule has 0 atom stereocenters. The maximum atomic E-state index is 12.0. The van der Waals surface area contributed by atoms with Crippen LogP contribution in [-0.2, 0) is 14.3 Å². The van der Waals surface area contributed by atoms with Gasteiger partial charge in [-0.2, -0.15) is 0 Å². The van der Waals surface area contributed by atoms with Gasteiger partial charge in [0.25, 0.3) is 11.6 Å². The van der Waals surface area contributed by atoms with Crippen LogP contribution < -0.4 is 5.32 Å². The monoisotopic (exact) mass is 368 g/mol. The molecule has 27 heavy (non-hydrogen) atoms. The van der Waals surface area contributed by atoms with Crippen LogP contribution in [-0.4, -0.2) is 23.4 Å². The molecule has 1 N–H and O–H groups in total. The standard InChI is InChI=1S/C20H20N2O5/c1-14(2)16-8-4-5-9-17(16)21-19(23)13-27-20(24)12-11-15-7-3-6-10-18(15)22(25)26/h3-12,14H,13H2,1-2H3,(H,21,23). The van der Waals surface area contributed by atoms with E-state index in [2.05, 4.69) is 5.32 Å². The summed E-state index contributed by atoms with van der Waals surface area (Å²) in [6.45, 7) is 3.57. The number of anilines is 1. The van der Waals surface area contributed by atoms with Crippen molar-refractivity contribution in [2.45, 2.75) is 19.8 Å². The van der Waals surface area contributed by atoms with Crippen LogP contribution in [0.2, 0.25) is 0 Å². The van der Waals surface area contributed by atoms with Gasteiger partial charge in [0, 0.05) is 17.8 Å². The van der Waals surface area contributed by atoms with Gasteiger partial charge in [-0.3, -0.25) is 14.9 Å². The molecule has 0 aliphatic carbocycles. The number of para-hydroxylation sites is 2. The summed E-state index contributed by atoms with van der Waals surface area (Å²) in [6.07, 6.45) is 2.34. The van der Waals surface area contributed by atoms with Gasteiger partial charge < -0.3 is 10.1 Å². The van der Waals surface area contributed by atoms with Crippen LogP contribution in [0.4, 0.5) is 11.4 Å². The van der Waals surface area contributed by atoms with E-state index in [1.165, 1.54) is 24.3 Å². The number of nitrogens with one attached hydrogen (secondary N) is 1. The van der Waals surface area contributed by atoms with Crippen molar-refractivity contribution in [3.63, 3.8) is 0 Å². The van der Waals surface area contributed by atoms with Crippen molar-refractivity contribution >= 4 is 29.3 Å². The predicted octanol–water partition coefficient (Wildman–Crippen LogP) is 3.91. The molecule has 0 heterocycles. The highest BCUT2D eigenvalue weighted by Gasteiger charge is 2.12. The maximum absolute atomic E-state index is 12.0. The first-order valence-corrected chi connectivity index (χ1v) is 8.35. The van der Waals surface area contributed by atoms with E-state index in [4.69, 9.17) is 4.74 Å². The second-order valence-electron chi connectivity index (χ2n) is 6.05. The normalized spacial score (nSPS) is 10.8. The number of ether oxygens (including phenoxy) is 1. The number of nitro groups is 1. The zero-order valence-corrected chi connectivity index (χ0v) is 15.0. The number of rotatable bonds is 7. The summed E-state index contributed by atoms with van der Waals surface area (Å²) in [5.74, 6) is -0.996. The highest BCUT2D eigenvalue weighted by atomic mass is 16.6. The van der Waals surface area contributed by atoms with Crippen LogP contribution in [0.5, 0.6) is 0 Å². The molecule has 2 rings (SSSR count). The number of amides is 1. The molecule has 0 bridgehead atoms. The average molecular weight is 368 g/mol. The third-order valence-electron chi connectivity index (χ3n) is 3.73. The molecular weight excluding hydrogens is 348 g/mol. The van der Waals surface area contributed by atoms with E-state index in [1.807, 2.05) is 32.0 Å². The Morgan fingerprint density at radius 2 is 1.81 bits per heavy atom. The Morgan fingerprint density at radius 1 is 1.15 bits per heavy atom. The lowest BCUT2D eigenvalue weighted by molar-refractivity contribution is -0.385. The van der Waals surface area contributed by atoms with Crippen molar-refractivity contribution in [3.8, 4) is 0 Å². The lowest BCUT2D eigenvalue weighted by Crippen LogP contribution is -2.21. The van der Waals surface area contributed by atoms with Gasteiger partial charge in [-0.15, -0.1) is 0 Å². The summed E-state index contributed by atoms with van der Waals surface area (Å²) in [6, 6.07) is 13.4. The highest BCUT2D eigenvalue weighted by Crippen LogP contribution is 2.23. The molecule has 1 amide bonds. The minimum atomic E-state index is -0.763. The largest absolute Gasteiger partial charge is 0.452 e. The Morgan fingerprint density at radius 3 is 2.52 bits per heavy atom. The predicted molar refractivity (Wildman–Crippen MR) is 102 cm³/mol. The third kappa shape index (κ3) is 5.78. The van der Waals surface area contributed by atoms with Gasteiger partial charge in [0.1, 0.15) is 0 Å². The van der Waals surface area contributed by atoms with Gasteiger partial charge in [0.15, 0.2) is 6.61 Å². The number of carbonyl (C=O) groups excluding carboxylic acids is 2. The van der Waals surface area contributed by atoms with E-state index >= 15 is 0 Å². The van der Waals surface area contributed by atoms with Gasteiger partial charge in [0.2, 0.25) is 0 Å². The summed E-state index contributed by atoms with van der Waals surface area (Å²) in [4.78, 5) is 34.2. The van der Waals surface area contributed by atoms with E-state index in [0.29, 0.717) is 5.69 Å². The molecule has 0 saturated carbocycles.